The van der Waals surface area contributed by atoms with Gasteiger partial charge in [0.1, 0.15) is 6.04 Å². The van der Waals surface area contributed by atoms with E-state index in [-0.39, 0.29) is 24.4 Å². The van der Waals surface area contributed by atoms with Crippen LogP contribution in [0.3, 0.4) is 0 Å². The molecule has 0 aliphatic heterocycles. The molecule has 0 saturated heterocycles. The summed E-state index contributed by atoms with van der Waals surface area (Å²) in [6.45, 7) is 4.69. The fourth-order valence-electron chi connectivity index (χ4n) is 1.74. The molecule has 0 saturated carbocycles. The molecular weight excluding hydrogens is 262 g/mol. The topological polar surface area (TPSA) is 29.5 Å². The maximum atomic E-state index is 11.5. The molecule has 0 aromatic carbocycles. The van der Waals surface area contributed by atoms with Gasteiger partial charge in [0.25, 0.3) is 0 Å². The number of likely N-dealkylation sites (N-methyl/N-ethyl adjacent to an activating group) is 1. The first-order valence-corrected chi connectivity index (χ1v) is 7.42. The van der Waals surface area contributed by atoms with Crippen LogP contribution in [0.2, 0.25) is 0 Å². The van der Waals surface area contributed by atoms with Crippen molar-refractivity contribution >= 4 is 18.4 Å². The highest BCUT2D eigenvalue weighted by Gasteiger charge is 2.15. The van der Waals surface area contributed by atoms with Crippen LogP contribution in [0.4, 0.5) is 0 Å². The van der Waals surface area contributed by atoms with Crippen molar-refractivity contribution in [3.05, 3.63) is 0 Å². The fraction of sp³-hybridized carbons (Fsp3) is 0.933. The lowest BCUT2D eigenvalue weighted by Gasteiger charge is -2.17. The van der Waals surface area contributed by atoms with Crippen LogP contribution in [-0.2, 0) is 9.53 Å². The van der Waals surface area contributed by atoms with E-state index >= 15 is 0 Å². The van der Waals surface area contributed by atoms with Gasteiger partial charge in [-0.25, -0.2) is 0 Å². The molecule has 1 atom stereocenters. The second-order valence-corrected chi connectivity index (χ2v) is 5.28. The average Bonchev–Trinajstić information content (AvgIpc) is 2.35. The summed E-state index contributed by atoms with van der Waals surface area (Å²) in [5, 5.41) is 0. The van der Waals surface area contributed by atoms with E-state index < -0.39 is 0 Å². The lowest BCUT2D eigenvalue weighted by molar-refractivity contribution is -0.148. The third kappa shape index (κ3) is 12.5. The van der Waals surface area contributed by atoms with Gasteiger partial charge in [0.2, 0.25) is 0 Å². The Bertz CT molecular complexity index is 210. The van der Waals surface area contributed by atoms with Crippen LogP contribution < -0.4 is 0 Å². The molecule has 0 rings (SSSR count). The number of unbranched alkanes of at least 4 members (excludes halogenated alkanes) is 7. The summed E-state index contributed by atoms with van der Waals surface area (Å²) < 4.78 is 5.23. The first kappa shape index (κ1) is 21.0. The quantitative estimate of drug-likeness (QED) is 0.425. The lowest BCUT2D eigenvalue weighted by atomic mass is 10.1. The van der Waals surface area contributed by atoms with Gasteiger partial charge < -0.3 is 4.74 Å². The standard InChI is InChI=1S/C15H31NO2.ClH/c1-5-6-7-8-9-10-11-12-13-18-15(17)14(2)16(3)4;/h14H,5-13H2,1-4H3;1H. The minimum Gasteiger partial charge on any atom is -0.465 e. The van der Waals surface area contributed by atoms with Crippen LogP contribution in [0, 0.1) is 0 Å². The van der Waals surface area contributed by atoms with Gasteiger partial charge in [-0.2, -0.15) is 0 Å². The van der Waals surface area contributed by atoms with Crippen molar-refractivity contribution in [3.8, 4) is 0 Å². The number of ether oxygens (including phenoxy) is 1. The van der Waals surface area contributed by atoms with E-state index in [1.165, 1.54) is 44.9 Å². The van der Waals surface area contributed by atoms with Crippen LogP contribution >= 0.6 is 12.4 Å². The van der Waals surface area contributed by atoms with Gasteiger partial charge in [0.15, 0.2) is 0 Å². The van der Waals surface area contributed by atoms with E-state index in [1.807, 2.05) is 25.9 Å². The predicted octanol–water partition coefficient (Wildman–Crippen LogP) is 4.04. The van der Waals surface area contributed by atoms with Crippen molar-refractivity contribution in [2.24, 2.45) is 0 Å². The molecule has 0 bridgehead atoms. The van der Waals surface area contributed by atoms with Gasteiger partial charge in [-0.3, -0.25) is 9.69 Å². The van der Waals surface area contributed by atoms with E-state index in [0.717, 1.165) is 6.42 Å². The fourth-order valence-corrected chi connectivity index (χ4v) is 1.74. The van der Waals surface area contributed by atoms with E-state index in [2.05, 4.69) is 6.92 Å². The molecule has 0 amide bonds. The van der Waals surface area contributed by atoms with Gasteiger partial charge in [-0.15, -0.1) is 12.4 Å². The molecule has 0 aromatic rings. The van der Waals surface area contributed by atoms with Gasteiger partial charge in [-0.1, -0.05) is 51.9 Å². The molecule has 116 valence electrons. The van der Waals surface area contributed by atoms with Crippen molar-refractivity contribution in [1.82, 2.24) is 4.90 Å². The molecule has 0 spiro atoms. The molecule has 0 aromatic heterocycles. The summed E-state index contributed by atoms with van der Waals surface area (Å²) in [5.74, 6) is -0.108. The predicted molar refractivity (Wildman–Crippen MR) is 84.0 cm³/mol. The van der Waals surface area contributed by atoms with Gasteiger partial charge in [0.05, 0.1) is 6.61 Å². The molecule has 1 unspecified atom stereocenters. The van der Waals surface area contributed by atoms with Crippen molar-refractivity contribution in [3.63, 3.8) is 0 Å². The Morgan fingerprint density at radius 1 is 1.00 bits per heavy atom. The number of esters is 1. The minimum absolute atomic E-state index is 0. The lowest BCUT2D eigenvalue weighted by Crippen LogP contribution is -2.34. The molecule has 0 aliphatic rings. The summed E-state index contributed by atoms with van der Waals surface area (Å²) >= 11 is 0. The number of hydrogen-bond acceptors (Lipinski definition) is 3. The smallest absolute Gasteiger partial charge is 0.323 e. The zero-order valence-electron chi connectivity index (χ0n) is 13.1. The van der Waals surface area contributed by atoms with E-state index in [0.29, 0.717) is 6.61 Å². The Morgan fingerprint density at radius 3 is 1.95 bits per heavy atom. The Kier molecular flexibility index (Phi) is 15.6. The number of carbonyl (C=O) groups excluding carboxylic acids is 1. The maximum Gasteiger partial charge on any atom is 0.323 e. The van der Waals surface area contributed by atoms with Crippen LogP contribution in [-0.4, -0.2) is 37.6 Å². The Labute approximate surface area is 125 Å². The van der Waals surface area contributed by atoms with Crippen LogP contribution in [0.1, 0.15) is 65.2 Å². The Morgan fingerprint density at radius 2 is 1.47 bits per heavy atom. The number of halogens is 1. The third-order valence-corrected chi connectivity index (χ3v) is 3.36. The minimum atomic E-state index is -0.140. The first-order valence-electron chi connectivity index (χ1n) is 7.42. The largest absolute Gasteiger partial charge is 0.465 e. The third-order valence-electron chi connectivity index (χ3n) is 3.36. The van der Waals surface area contributed by atoms with E-state index in [4.69, 9.17) is 4.74 Å². The zero-order valence-corrected chi connectivity index (χ0v) is 13.9. The Balaban J connectivity index is 0. The maximum absolute atomic E-state index is 11.5. The zero-order chi connectivity index (χ0) is 13.8. The highest BCUT2D eigenvalue weighted by atomic mass is 35.5. The molecular formula is C15H32ClNO2. The summed E-state index contributed by atoms with van der Waals surface area (Å²) in [4.78, 5) is 13.4. The SMILES string of the molecule is CCCCCCCCCCOC(=O)C(C)N(C)C.Cl. The summed E-state index contributed by atoms with van der Waals surface area (Å²) in [6.07, 6.45) is 10.2. The summed E-state index contributed by atoms with van der Waals surface area (Å²) in [5.41, 5.74) is 0. The highest BCUT2D eigenvalue weighted by Crippen LogP contribution is 2.08. The molecule has 0 radical (unpaired) electrons. The molecule has 0 fully saturated rings. The Hall–Kier alpha value is -0.280. The van der Waals surface area contributed by atoms with E-state index in [1.54, 1.807) is 0 Å². The summed E-state index contributed by atoms with van der Waals surface area (Å²) in [6, 6.07) is -0.140. The number of rotatable bonds is 11. The van der Waals surface area contributed by atoms with Gasteiger partial charge in [-0.05, 0) is 27.4 Å². The van der Waals surface area contributed by atoms with Crippen LogP contribution in [0.25, 0.3) is 0 Å². The van der Waals surface area contributed by atoms with Crippen molar-refractivity contribution in [2.75, 3.05) is 20.7 Å². The van der Waals surface area contributed by atoms with Gasteiger partial charge >= 0.3 is 5.97 Å². The molecule has 3 nitrogen and oxygen atoms in total. The van der Waals surface area contributed by atoms with Gasteiger partial charge in [0, 0.05) is 0 Å². The van der Waals surface area contributed by atoms with Crippen LogP contribution in [0.15, 0.2) is 0 Å². The monoisotopic (exact) mass is 293 g/mol. The number of carbonyl (C=O) groups is 1. The number of nitrogens with zero attached hydrogens (tertiary/aromatic N) is 1. The second-order valence-electron chi connectivity index (χ2n) is 5.28. The molecule has 0 aliphatic carbocycles. The van der Waals surface area contributed by atoms with Crippen molar-refractivity contribution in [2.45, 2.75) is 71.3 Å². The molecule has 19 heavy (non-hydrogen) atoms. The number of hydrogen-bond donors (Lipinski definition) is 0. The molecule has 4 heteroatoms. The van der Waals surface area contributed by atoms with Crippen molar-refractivity contribution < 1.29 is 9.53 Å². The second kappa shape index (κ2) is 14.1. The highest BCUT2D eigenvalue weighted by molar-refractivity contribution is 5.85. The van der Waals surface area contributed by atoms with Crippen LogP contribution in [0.5, 0.6) is 0 Å². The molecule has 0 heterocycles. The first-order chi connectivity index (χ1) is 8.59. The molecule has 0 N–H and O–H groups in total. The average molecular weight is 294 g/mol. The van der Waals surface area contributed by atoms with E-state index in [9.17, 15) is 4.79 Å². The van der Waals surface area contributed by atoms with Crippen molar-refractivity contribution in [1.29, 1.82) is 0 Å². The normalized spacial score (nSPS) is 12.1. The summed E-state index contributed by atoms with van der Waals surface area (Å²) in [7, 11) is 3.78.